The summed E-state index contributed by atoms with van der Waals surface area (Å²) >= 11 is 0. The summed E-state index contributed by atoms with van der Waals surface area (Å²) in [6.45, 7) is 1.65. The summed E-state index contributed by atoms with van der Waals surface area (Å²) in [7, 11) is 1.80. The number of carbonyl (C=O) groups is 1. The molecule has 1 aliphatic heterocycles. The summed E-state index contributed by atoms with van der Waals surface area (Å²) in [6.07, 6.45) is 5.84. The number of benzene rings is 1. The van der Waals surface area contributed by atoms with Crippen LogP contribution < -0.4 is 4.90 Å². The van der Waals surface area contributed by atoms with Crippen LogP contribution in [-0.2, 0) is 4.74 Å². The van der Waals surface area contributed by atoms with E-state index in [1.54, 1.807) is 19.2 Å². The molecule has 2 fully saturated rings. The Hall–Kier alpha value is -2.40. The second-order valence-corrected chi connectivity index (χ2v) is 7.74. The van der Waals surface area contributed by atoms with Crippen LogP contribution in [-0.4, -0.2) is 42.4 Å². The van der Waals surface area contributed by atoms with Crippen LogP contribution in [0.1, 0.15) is 42.5 Å². The van der Waals surface area contributed by atoms with Crippen LogP contribution in [0, 0.1) is 5.41 Å². The molecule has 0 bridgehead atoms. The van der Waals surface area contributed by atoms with Crippen molar-refractivity contribution in [3.8, 4) is 11.3 Å². The second-order valence-electron chi connectivity index (χ2n) is 7.74. The predicted octanol–water partition coefficient (Wildman–Crippen LogP) is 4.23. The van der Waals surface area contributed by atoms with E-state index in [0.29, 0.717) is 5.82 Å². The fourth-order valence-electron chi connectivity index (χ4n) is 4.91. The van der Waals surface area contributed by atoms with Crippen molar-refractivity contribution >= 4 is 11.8 Å². The molecule has 1 saturated heterocycles. The Morgan fingerprint density at radius 3 is 2.70 bits per heavy atom. The Morgan fingerprint density at radius 2 is 1.96 bits per heavy atom. The SMILES string of the molecule is CO[C@@H]1CCC[C@@]12CCCN(c1nc(-c3ccccc3)ccc1C(=O)O)C2. The number of methoxy groups -OCH3 is 1. The van der Waals surface area contributed by atoms with E-state index in [-0.39, 0.29) is 17.1 Å². The Labute approximate surface area is 160 Å². The quantitative estimate of drug-likeness (QED) is 0.877. The number of aromatic nitrogens is 1. The molecule has 2 aliphatic rings. The molecule has 1 aromatic carbocycles. The zero-order valence-corrected chi connectivity index (χ0v) is 15.7. The van der Waals surface area contributed by atoms with Gasteiger partial charge in [0, 0.05) is 31.2 Å². The van der Waals surface area contributed by atoms with E-state index in [2.05, 4.69) is 4.90 Å². The van der Waals surface area contributed by atoms with Crippen LogP contribution in [0.4, 0.5) is 5.82 Å². The minimum atomic E-state index is -0.925. The normalized spacial score (nSPS) is 25.1. The average molecular weight is 366 g/mol. The number of carboxylic acids is 1. The second kappa shape index (κ2) is 7.31. The van der Waals surface area contributed by atoms with E-state index in [0.717, 1.165) is 50.0 Å². The number of hydrogen-bond donors (Lipinski definition) is 1. The topological polar surface area (TPSA) is 62.7 Å². The molecule has 1 spiro atoms. The Bertz CT molecular complexity index is 824. The maximum Gasteiger partial charge on any atom is 0.339 e. The Kier molecular flexibility index (Phi) is 4.87. The molecule has 0 unspecified atom stereocenters. The third-order valence-electron chi connectivity index (χ3n) is 6.19. The lowest BCUT2D eigenvalue weighted by Crippen LogP contribution is -2.48. The van der Waals surface area contributed by atoms with Crippen LogP contribution in [0.2, 0.25) is 0 Å². The summed E-state index contributed by atoms with van der Waals surface area (Å²) in [4.78, 5) is 18.8. The standard InChI is InChI=1S/C22H26N2O3/c1-27-19-9-5-12-22(19)13-6-14-24(15-22)20-17(21(25)26)10-11-18(23-20)16-7-3-2-4-8-16/h2-4,7-8,10-11,19H,5-6,9,12-15H2,1H3,(H,25,26)/t19-,22+/m1/s1. The van der Waals surface area contributed by atoms with Crippen molar-refractivity contribution in [1.82, 2.24) is 4.98 Å². The molecular formula is C22H26N2O3. The predicted molar refractivity (Wildman–Crippen MR) is 105 cm³/mol. The van der Waals surface area contributed by atoms with Gasteiger partial charge in [0.2, 0.25) is 0 Å². The summed E-state index contributed by atoms with van der Waals surface area (Å²) in [5.74, 6) is -0.337. The molecule has 2 aromatic rings. The van der Waals surface area contributed by atoms with Crippen molar-refractivity contribution in [3.05, 3.63) is 48.0 Å². The Balaban J connectivity index is 1.72. The zero-order valence-electron chi connectivity index (χ0n) is 15.7. The smallest absolute Gasteiger partial charge is 0.339 e. The summed E-state index contributed by atoms with van der Waals surface area (Å²) in [5.41, 5.74) is 2.20. The number of nitrogens with zero attached hydrogens (tertiary/aromatic N) is 2. The average Bonchev–Trinajstić information content (AvgIpc) is 3.09. The maximum atomic E-state index is 11.9. The van der Waals surface area contributed by atoms with E-state index < -0.39 is 5.97 Å². The van der Waals surface area contributed by atoms with Crippen LogP contribution in [0.3, 0.4) is 0 Å². The first-order valence-electron chi connectivity index (χ1n) is 9.70. The van der Waals surface area contributed by atoms with Gasteiger partial charge in [-0.2, -0.15) is 0 Å². The summed E-state index contributed by atoms with van der Waals surface area (Å²) in [6, 6.07) is 13.4. The highest BCUT2D eigenvalue weighted by molar-refractivity contribution is 5.94. The van der Waals surface area contributed by atoms with Crippen LogP contribution in [0.25, 0.3) is 11.3 Å². The van der Waals surface area contributed by atoms with E-state index in [9.17, 15) is 9.90 Å². The third kappa shape index (κ3) is 3.32. The number of carboxylic acid groups (broad SMARTS) is 1. The van der Waals surface area contributed by atoms with Gasteiger partial charge in [0.25, 0.3) is 0 Å². The molecule has 2 atom stereocenters. The van der Waals surface area contributed by atoms with Gasteiger partial charge < -0.3 is 14.7 Å². The molecule has 1 N–H and O–H groups in total. The number of hydrogen-bond acceptors (Lipinski definition) is 4. The van der Waals surface area contributed by atoms with E-state index in [1.165, 1.54) is 6.42 Å². The molecule has 142 valence electrons. The minimum absolute atomic E-state index is 0.118. The molecular weight excluding hydrogens is 340 g/mol. The lowest BCUT2D eigenvalue weighted by atomic mass is 9.76. The molecule has 2 heterocycles. The number of piperidine rings is 1. The molecule has 0 radical (unpaired) electrons. The fraction of sp³-hybridized carbons (Fsp3) is 0.455. The van der Waals surface area contributed by atoms with Gasteiger partial charge in [0.15, 0.2) is 0 Å². The van der Waals surface area contributed by atoms with Crippen molar-refractivity contribution in [2.24, 2.45) is 5.41 Å². The highest BCUT2D eigenvalue weighted by Gasteiger charge is 2.46. The first kappa shape index (κ1) is 18.0. The van der Waals surface area contributed by atoms with Crippen molar-refractivity contribution in [2.75, 3.05) is 25.1 Å². The fourth-order valence-corrected chi connectivity index (χ4v) is 4.91. The largest absolute Gasteiger partial charge is 0.478 e. The van der Waals surface area contributed by atoms with Crippen LogP contribution >= 0.6 is 0 Å². The molecule has 4 rings (SSSR count). The van der Waals surface area contributed by atoms with Gasteiger partial charge in [-0.3, -0.25) is 0 Å². The molecule has 5 heteroatoms. The molecule has 0 amide bonds. The Morgan fingerprint density at radius 1 is 1.19 bits per heavy atom. The zero-order chi connectivity index (χ0) is 18.9. The highest BCUT2D eigenvalue weighted by Crippen LogP contribution is 2.47. The first-order valence-corrected chi connectivity index (χ1v) is 9.70. The highest BCUT2D eigenvalue weighted by atomic mass is 16.5. The number of rotatable bonds is 4. The van der Waals surface area contributed by atoms with Crippen LogP contribution in [0.15, 0.2) is 42.5 Å². The molecule has 1 aromatic heterocycles. The number of aromatic carboxylic acids is 1. The van der Waals surface area contributed by atoms with E-state index in [1.807, 2.05) is 30.3 Å². The van der Waals surface area contributed by atoms with Gasteiger partial charge in [0.05, 0.1) is 11.8 Å². The third-order valence-corrected chi connectivity index (χ3v) is 6.19. The number of pyridine rings is 1. The van der Waals surface area contributed by atoms with Gasteiger partial charge in [-0.05, 0) is 37.8 Å². The van der Waals surface area contributed by atoms with Crippen molar-refractivity contribution in [2.45, 2.75) is 38.2 Å². The van der Waals surface area contributed by atoms with Crippen LogP contribution in [0.5, 0.6) is 0 Å². The van der Waals surface area contributed by atoms with Gasteiger partial charge in [-0.25, -0.2) is 9.78 Å². The van der Waals surface area contributed by atoms with Crippen molar-refractivity contribution < 1.29 is 14.6 Å². The molecule has 1 aliphatic carbocycles. The van der Waals surface area contributed by atoms with Crippen molar-refractivity contribution in [1.29, 1.82) is 0 Å². The summed E-state index contributed by atoms with van der Waals surface area (Å²) in [5, 5.41) is 9.72. The summed E-state index contributed by atoms with van der Waals surface area (Å²) < 4.78 is 5.80. The number of ether oxygens (including phenoxy) is 1. The van der Waals surface area contributed by atoms with E-state index in [4.69, 9.17) is 9.72 Å². The first-order chi connectivity index (χ1) is 13.1. The van der Waals surface area contributed by atoms with E-state index >= 15 is 0 Å². The monoisotopic (exact) mass is 366 g/mol. The lowest BCUT2D eigenvalue weighted by Gasteiger charge is -2.44. The van der Waals surface area contributed by atoms with Gasteiger partial charge in [0.1, 0.15) is 11.4 Å². The number of anilines is 1. The lowest BCUT2D eigenvalue weighted by molar-refractivity contribution is 0.00213. The molecule has 27 heavy (non-hydrogen) atoms. The van der Waals surface area contributed by atoms with Gasteiger partial charge in [-0.1, -0.05) is 36.8 Å². The van der Waals surface area contributed by atoms with Crippen molar-refractivity contribution in [3.63, 3.8) is 0 Å². The van der Waals surface area contributed by atoms with Gasteiger partial charge >= 0.3 is 5.97 Å². The minimum Gasteiger partial charge on any atom is -0.478 e. The molecule has 5 nitrogen and oxygen atoms in total. The maximum absolute atomic E-state index is 11.9. The molecule has 1 saturated carbocycles. The van der Waals surface area contributed by atoms with Gasteiger partial charge in [-0.15, -0.1) is 0 Å².